The van der Waals surface area contributed by atoms with Crippen molar-refractivity contribution >= 4 is 27.9 Å². The summed E-state index contributed by atoms with van der Waals surface area (Å²) in [6.07, 6.45) is 3.97. The first kappa shape index (κ1) is 18.0. The molecule has 1 aliphatic heterocycles. The van der Waals surface area contributed by atoms with Crippen molar-refractivity contribution in [2.24, 2.45) is 5.92 Å². The predicted octanol–water partition coefficient (Wildman–Crippen LogP) is 3.61. The molecule has 0 aliphatic carbocycles. The van der Waals surface area contributed by atoms with Crippen LogP contribution in [-0.4, -0.2) is 21.8 Å². The number of anilines is 1. The zero-order valence-electron chi connectivity index (χ0n) is 15.3. The molecule has 1 saturated heterocycles. The van der Waals surface area contributed by atoms with Gasteiger partial charge in [-0.15, -0.1) is 11.3 Å². The Bertz CT molecular complexity index is 1120. The summed E-state index contributed by atoms with van der Waals surface area (Å²) in [5.41, 5.74) is 9.62. The number of hydrazine groups is 1. The maximum atomic E-state index is 13.2. The van der Waals surface area contributed by atoms with Gasteiger partial charge in [-0.1, -0.05) is 24.3 Å². The van der Waals surface area contributed by atoms with Crippen LogP contribution in [0.2, 0.25) is 0 Å². The smallest absolute Gasteiger partial charge is 0.230 e. The van der Waals surface area contributed by atoms with Crippen molar-refractivity contribution < 1.29 is 9.18 Å². The second kappa shape index (κ2) is 7.40. The summed E-state index contributed by atoms with van der Waals surface area (Å²) in [6.45, 7) is 0.497. The van der Waals surface area contributed by atoms with E-state index in [1.54, 1.807) is 23.5 Å². The molecule has 146 valence electrons. The molecule has 2 unspecified atom stereocenters. The van der Waals surface area contributed by atoms with Crippen LogP contribution in [0, 0.1) is 11.7 Å². The normalized spacial score (nSPS) is 18.9. The number of hydrogen-bond donors (Lipinski definition) is 3. The number of benzene rings is 2. The first-order valence-electron chi connectivity index (χ1n) is 9.25. The Hall–Kier alpha value is -3.07. The molecule has 1 aliphatic rings. The van der Waals surface area contributed by atoms with Crippen LogP contribution in [-0.2, 0) is 4.79 Å². The monoisotopic (exact) mass is 407 g/mol. The Kier molecular flexibility index (Phi) is 4.59. The van der Waals surface area contributed by atoms with Gasteiger partial charge in [0.25, 0.3) is 0 Å². The van der Waals surface area contributed by atoms with E-state index in [9.17, 15) is 9.18 Å². The quantitative estimate of drug-likeness (QED) is 0.483. The number of thiazole rings is 1. The molecule has 2 aromatic carbocycles. The number of nitrogens with zero attached hydrogens (tertiary/aromatic N) is 2. The largest absolute Gasteiger partial charge is 0.326 e. The third-order valence-electron chi connectivity index (χ3n) is 5.09. The molecule has 3 heterocycles. The first-order valence-corrected chi connectivity index (χ1v) is 10.1. The molecule has 4 aromatic rings. The lowest BCUT2D eigenvalue weighted by Crippen LogP contribution is -2.29. The molecule has 3 N–H and O–H groups in total. The maximum absolute atomic E-state index is 13.2. The van der Waals surface area contributed by atoms with Gasteiger partial charge in [-0.3, -0.25) is 14.6 Å². The second-order valence-electron chi connectivity index (χ2n) is 6.95. The van der Waals surface area contributed by atoms with Gasteiger partial charge in [-0.25, -0.2) is 14.8 Å². The Morgan fingerprint density at radius 1 is 1.17 bits per heavy atom. The van der Waals surface area contributed by atoms with Crippen molar-refractivity contribution in [1.82, 2.24) is 20.2 Å². The number of aromatic nitrogens is 2. The van der Waals surface area contributed by atoms with Gasteiger partial charge in [0, 0.05) is 35.6 Å². The van der Waals surface area contributed by atoms with E-state index in [4.69, 9.17) is 0 Å². The molecule has 2 aromatic heterocycles. The number of nitrogens with one attached hydrogen (secondary N) is 3. The first-order chi connectivity index (χ1) is 14.2. The van der Waals surface area contributed by atoms with Crippen molar-refractivity contribution in [3.63, 3.8) is 0 Å². The van der Waals surface area contributed by atoms with Crippen LogP contribution in [0.4, 0.5) is 10.1 Å². The third-order valence-corrected chi connectivity index (χ3v) is 5.86. The number of fused-ring (bicyclic) bond motifs is 1. The molecule has 8 heteroatoms. The van der Waals surface area contributed by atoms with E-state index < -0.39 is 0 Å². The van der Waals surface area contributed by atoms with E-state index >= 15 is 0 Å². The Balaban J connectivity index is 1.29. The molecular formula is C21H18FN5OS. The highest BCUT2D eigenvalue weighted by Gasteiger charge is 2.34. The summed E-state index contributed by atoms with van der Waals surface area (Å²) in [6, 6.07) is 13.7. The lowest BCUT2D eigenvalue weighted by Gasteiger charge is -2.18. The third kappa shape index (κ3) is 3.53. The van der Waals surface area contributed by atoms with E-state index in [0.717, 1.165) is 27.5 Å². The van der Waals surface area contributed by atoms with Crippen molar-refractivity contribution in [2.75, 3.05) is 11.9 Å². The summed E-state index contributed by atoms with van der Waals surface area (Å²) >= 11 is 1.59. The molecule has 1 amide bonds. The van der Waals surface area contributed by atoms with E-state index in [-0.39, 0.29) is 23.7 Å². The molecule has 0 radical (unpaired) electrons. The van der Waals surface area contributed by atoms with Gasteiger partial charge in [0.1, 0.15) is 5.82 Å². The molecule has 0 saturated carbocycles. The number of halogens is 1. The summed E-state index contributed by atoms with van der Waals surface area (Å²) in [4.78, 5) is 18.4. The van der Waals surface area contributed by atoms with Crippen molar-refractivity contribution in [2.45, 2.75) is 6.04 Å². The molecule has 6 nitrogen and oxygen atoms in total. The van der Waals surface area contributed by atoms with E-state index in [2.05, 4.69) is 21.2 Å². The molecular weight excluding hydrogens is 389 g/mol. The van der Waals surface area contributed by atoms with Crippen LogP contribution >= 0.6 is 11.3 Å². The predicted molar refractivity (Wildman–Crippen MR) is 111 cm³/mol. The van der Waals surface area contributed by atoms with Crippen molar-refractivity contribution in [3.8, 4) is 11.3 Å². The van der Waals surface area contributed by atoms with Gasteiger partial charge in [0.2, 0.25) is 5.91 Å². The standard InChI is InChI=1S/C21H18FN5OS/c22-15-5-1-14(2-6-15)19-17(11-23-26-19)20(28)24-16-7-3-13(4-8-16)18-12-27-9-10-29-21(27)25-18/h1-10,12,17,19,23,26H,11H2,(H,24,28). The minimum atomic E-state index is -0.305. The van der Waals surface area contributed by atoms with Gasteiger partial charge in [-0.2, -0.15) is 0 Å². The van der Waals surface area contributed by atoms with Gasteiger partial charge in [0.15, 0.2) is 4.96 Å². The van der Waals surface area contributed by atoms with Gasteiger partial charge in [-0.05, 0) is 29.8 Å². The Morgan fingerprint density at radius 2 is 1.97 bits per heavy atom. The maximum Gasteiger partial charge on any atom is 0.230 e. The lowest BCUT2D eigenvalue weighted by atomic mass is 9.94. The van der Waals surface area contributed by atoms with Gasteiger partial charge in [0.05, 0.1) is 17.7 Å². The van der Waals surface area contributed by atoms with E-state index in [1.165, 1.54) is 12.1 Å². The number of imidazole rings is 1. The molecule has 0 bridgehead atoms. The van der Waals surface area contributed by atoms with Crippen LogP contribution < -0.4 is 16.2 Å². The van der Waals surface area contributed by atoms with E-state index in [0.29, 0.717) is 6.54 Å². The zero-order valence-corrected chi connectivity index (χ0v) is 16.1. The molecule has 5 rings (SSSR count). The fourth-order valence-electron chi connectivity index (χ4n) is 3.55. The van der Waals surface area contributed by atoms with Crippen LogP contribution in [0.3, 0.4) is 0 Å². The van der Waals surface area contributed by atoms with E-state index in [1.807, 2.05) is 46.4 Å². The number of carbonyl (C=O) groups excluding carboxylic acids is 1. The highest BCUT2D eigenvalue weighted by molar-refractivity contribution is 7.15. The molecule has 1 fully saturated rings. The van der Waals surface area contributed by atoms with Gasteiger partial charge < -0.3 is 5.32 Å². The Labute approximate surface area is 170 Å². The number of carbonyl (C=O) groups is 1. The summed E-state index contributed by atoms with van der Waals surface area (Å²) < 4.78 is 15.2. The summed E-state index contributed by atoms with van der Waals surface area (Å²) in [5.74, 6) is -0.689. The van der Waals surface area contributed by atoms with Crippen LogP contribution in [0.5, 0.6) is 0 Å². The SMILES string of the molecule is O=C(Nc1ccc(-c2cn3ccsc3n2)cc1)C1CNNC1c1ccc(F)cc1. The molecule has 0 spiro atoms. The fourth-order valence-corrected chi connectivity index (χ4v) is 4.25. The highest BCUT2D eigenvalue weighted by Crippen LogP contribution is 2.27. The Morgan fingerprint density at radius 3 is 2.72 bits per heavy atom. The highest BCUT2D eigenvalue weighted by atomic mass is 32.1. The van der Waals surface area contributed by atoms with Crippen molar-refractivity contribution in [3.05, 3.63) is 77.7 Å². The van der Waals surface area contributed by atoms with Crippen LogP contribution in [0.25, 0.3) is 16.2 Å². The van der Waals surface area contributed by atoms with Crippen molar-refractivity contribution in [1.29, 1.82) is 0 Å². The summed E-state index contributed by atoms with van der Waals surface area (Å²) in [7, 11) is 0. The second-order valence-corrected chi connectivity index (χ2v) is 7.82. The van der Waals surface area contributed by atoms with Crippen LogP contribution in [0.1, 0.15) is 11.6 Å². The lowest BCUT2D eigenvalue weighted by molar-refractivity contribution is -0.119. The fraction of sp³-hybridized carbons (Fsp3) is 0.143. The number of amides is 1. The molecule has 29 heavy (non-hydrogen) atoms. The van der Waals surface area contributed by atoms with Gasteiger partial charge >= 0.3 is 0 Å². The topological polar surface area (TPSA) is 70.5 Å². The summed E-state index contributed by atoms with van der Waals surface area (Å²) in [5, 5.41) is 4.98. The van der Waals surface area contributed by atoms with Crippen LogP contribution in [0.15, 0.2) is 66.3 Å². The molecule has 2 atom stereocenters. The minimum Gasteiger partial charge on any atom is -0.326 e. The average molecular weight is 407 g/mol. The minimum absolute atomic E-state index is 0.0907. The zero-order chi connectivity index (χ0) is 19.8. The number of rotatable bonds is 4. The number of hydrogen-bond acceptors (Lipinski definition) is 5. The average Bonchev–Trinajstić information content (AvgIpc) is 3.45.